The fraction of sp³-hybridized carbons (Fsp3) is 0.467. The van der Waals surface area contributed by atoms with Gasteiger partial charge in [-0.1, -0.05) is 25.5 Å². The minimum atomic E-state index is -0.858. The van der Waals surface area contributed by atoms with Gasteiger partial charge in [-0.2, -0.15) is 0 Å². The van der Waals surface area contributed by atoms with Gasteiger partial charge in [0.05, 0.1) is 17.5 Å². The molecule has 5 heteroatoms. The van der Waals surface area contributed by atoms with Crippen molar-refractivity contribution < 1.29 is 14.7 Å². The molecule has 0 bridgehead atoms. The van der Waals surface area contributed by atoms with Crippen LogP contribution in [0.1, 0.15) is 26.2 Å². The molecule has 1 unspecified atom stereocenters. The van der Waals surface area contributed by atoms with E-state index in [0.29, 0.717) is 18.8 Å². The maximum absolute atomic E-state index is 12.4. The summed E-state index contributed by atoms with van der Waals surface area (Å²) in [6, 6.07) is 7.51. The van der Waals surface area contributed by atoms with E-state index >= 15 is 0 Å². The fourth-order valence-corrected chi connectivity index (χ4v) is 3.35. The maximum atomic E-state index is 12.4. The largest absolute Gasteiger partial charge is 0.481 e. The molecule has 1 aromatic rings. The van der Waals surface area contributed by atoms with E-state index in [9.17, 15) is 14.7 Å². The first-order valence-electron chi connectivity index (χ1n) is 6.81. The molecule has 1 aliphatic carbocycles. The van der Waals surface area contributed by atoms with Gasteiger partial charge in [0.1, 0.15) is 0 Å². The lowest BCUT2D eigenvalue weighted by molar-refractivity contribution is -0.145. The van der Waals surface area contributed by atoms with Gasteiger partial charge in [-0.25, -0.2) is 0 Å². The van der Waals surface area contributed by atoms with Crippen molar-refractivity contribution >= 4 is 40.2 Å². The Labute approximate surface area is 132 Å². The van der Waals surface area contributed by atoms with E-state index in [1.807, 2.05) is 31.2 Å². The molecule has 0 spiro atoms. The molecule has 1 amide bonds. The summed E-state index contributed by atoms with van der Waals surface area (Å²) in [6.07, 6.45) is 2.20. The van der Waals surface area contributed by atoms with Crippen molar-refractivity contribution in [3.05, 3.63) is 27.8 Å². The molecule has 0 heterocycles. The first-order valence-corrected chi connectivity index (χ1v) is 7.89. The van der Waals surface area contributed by atoms with Crippen LogP contribution >= 0.6 is 22.6 Å². The van der Waals surface area contributed by atoms with Crippen molar-refractivity contribution in [1.82, 2.24) is 0 Å². The summed E-state index contributed by atoms with van der Waals surface area (Å²) in [5.41, 5.74) is 0.752. The lowest BCUT2D eigenvalue weighted by atomic mass is 9.95. The van der Waals surface area contributed by atoms with Gasteiger partial charge in [0.25, 0.3) is 0 Å². The number of hydrogen-bond donors (Lipinski definition) is 2. The number of halogens is 1. The predicted molar refractivity (Wildman–Crippen MR) is 85.4 cm³/mol. The highest BCUT2D eigenvalue weighted by atomic mass is 127. The molecule has 1 saturated carbocycles. The Balaban J connectivity index is 2.11. The average molecular weight is 387 g/mol. The number of benzene rings is 1. The molecule has 20 heavy (non-hydrogen) atoms. The zero-order chi connectivity index (χ0) is 14.7. The SMILES string of the molecule is CCC1C[C@H](C(=O)Nc2ccccc2I)[C@H](C(=O)O)C1. The molecule has 1 aromatic carbocycles. The van der Waals surface area contributed by atoms with E-state index in [-0.39, 0.29) is 5.91 Å². The molecule has 1 aliphatic rings. The van der Waals surface area contributed by atoms with Gasteiger partial charge < -0.3 is 10.4 Å². The number of amides is 1. The van der Waals surface area contributed by atoms with Crippen molar-refractivity contribution in [1.29, 1.82) is 0 Å². The van der Waals surface area contributed by atoms with Gasteiger partial charge >= 0.3 is 5.97 Å². The summed E-state index contributed by atoms with van der Waals surface area (Å²) >= 11 is 2.16. The van der Waals surface area contributed by atoms with E-state index in [4.69, 9.17) is 0 Å². The van der Waals surface area contributed by atoms with Gasteiger partial charge in [0, 0.05) is 3.57 Å². The lowest BCUT2D eigenvalue weighted by Crippen LogP contribution is -2.30. The highest BCUT2D eigenvalue weighted by Gasteiger charge is 2.42. The van der Waals surface area contributed by atoms with Crippen molar-refractivity contribution in [3.8, 4) is 0 Å². The van der Waals surface area contributed by atoms with Crippen LogP contribution in [0.25, 0.3) is 0 Å². The molecule has 2 N–H and O–H groups in total. The third kappa shape index (κ3) is 3.31. The number of para-hydroxylation sites is 1. The molecule has 2 rings (SSSR count). The fourth-order valence-electron chi connectivity index (χ4n) is 2.83. The van der Waals surface area contributed by atoms with Gasteiger partial charge in [0.15, 0.2) is 0 Å². The Kier molecular flexibility index (Phi) is 5.01. The topological polar surface area (TPSA) is 66.4 Å². The van der Waals surface area contributed by atoms with Crippen LogP contribution in [-0.4, -0.2) is 17.0 Å². The number of carboxylic acid groups (broad SMARTS) is 1. The Bertz CT molecular complexity index is 518. The van der Waals surface area contributed by atoms with E-state index in [1.165, 1.54) is 0 Å². The molecule has 1 fully saturated rings. The third-order valence-corrected chi connectivity index (χ3v) is 4.96. The van der Waals surface area contributed by atoms with Crippen LogP contribution in [0.15, 0.2) is 24.3 Å². The number of carbonyl (C=O) groups excluding carboxylic acids is 1. The number of carboxylic acids is 1. The number of hydrogen-bond acceptors (Lipinski definition) is 2. The van der Waals surface area contributed by atoms with Crippen molar-refractivity contribution in [2.45, 2.75) is 26.2 Å². The van der Waals surface area contributed by atoms with E-state index in [2.05, 4.69) is 27.9 Å². The van der Waals surface area contributed by atoms with Crippen molar-refractivity contribution in [2.75, 3.05) is 5.32 Å². The second kappa shape index (κ2) is 6.56. The van der Waals surface area contributed by atoms with Crippen molar-refractivity contribution in [3.63, 3.8) is 0 Å². The molecular formula is C15H18INO3. The number of rotatable bonds is 4. The number of carbonyl (C=O) groups is 2. The van der Waals surface area contributed by atoms with Crippen LogP contribution in [0.4, 0.5) is 5.69 Å². The van der Waals surface area contributed by atoms with Gasteiger partial charge in [-0.05, 0) is 53.5 Å². The molecule has 4 nitrogen and oxygen atoms in total. The minimum absolute atomic E-state index is 0.169. The first kappa shape index (κ1) is 15.3. The molecule has 108 valence electrons. The number of nitrogens with one attached hydrogen (secondary N) is 1. The monoisotopic (exact) mass is 387 g/mol. The Morgan fingerprint density at radius 2 is 1.95 bits per heavy atom. The molecule has 0 aliphatic heterocycles. The Morgan fingerprint density at radius 1 is 1.30 bits per heavy atom. The lowest BCUT2D eigenvalue weighted by Gasteiger charge is -2.16. The Hall–Kier alpha value is -1.11. The van der Waals surface area contributed by atoms with E-state index in [1.54, 1.807) is 0 Å². The zero-order valence-electron chi connectivity index (χ0n) is 11.3. The second-order valence-corrected chi connectivity index (χ2v) is 6.43. The van der Waals surface area contributed by atoms with Gasteiger partial charge in [0.2, 0.25) is 5.91 Å². The third-order valence-electron chi connectivity index (χ3n) is 4.02. The molecular weight excluding hydrogens is 369 g/mol. The maximum Gasteiger partial charge on any atom is 0.307 e. The predicted octanol–water partition coefficient (Wildman–Crippen LogP) is 3.37. The summed E-state index contributed by atoms with van der Waals surface area (Å²) in [5, 5.41) is 12.2. The van der Waals surface area contributed by atoms with Crippen LogP contribution < -0.4 is 5.32 Å². The highest BCUT2D eigenvalue weighted by Crippen LogP contribution is 2.39. The first-order chi connectivity index (χ1) is 9.52. The van der Waals surface area contributed by atoms with Gasteiger partial charge in [-0.15, -0.1) is 0 Å². The van der Waals surface area contributed by atoms with Crippen LogP contribution in [0.5, 0.6) is 0 Å². The average Bonchev–Trinajstić information content (AvgIpc) is 2.86. The minimum Gasteiger partial charge on any atom is -0.481 e. The second-order valence-electron chi connectivity index (χ2n) is 5.27. The normalized spacial score (nSPS) is 25.4. The molecule has 0 aromatic heterocycles. The summed E-state index contributed by atoms with van der Waals surface area (Å²) < 4.78 is 0.954. The smallest absolute Gasteiger partial charge is 0.307 e. The van der Waals surface area contributed by atoms with Crippen LogP contribution in [0, 0.1) is 21.3 Å². The highest BCUT2D eigenvalue weighted by molar-refractivity contribution is 14.1. The summed E-state index contributed by atoms with van der Waals surface area (Å²) in [4.78, 5) is 23.7. The quantitative estimate of drug-likeness (QED) is 0.779. The van der Waals surface area contributed by atoms with Crippen LogP contribution in [0.3, 0.4) is 0 Å². The zero-order valence-corrected chi connectivity index (χ0v) is 13.5. The number of aliphatic carboxylic acids is 1. The molecule has 0 saturated heterocycles. The molecule has 0 radical (unpaired) electrons. The summed E-state index contributed by atoms with van der Waals surface area (Å²) in [7, 11) is 0. The number of anilines is 1. The Morgan fingerprint density at radius 3 is 2.55 bits per heavy atom. The standard InChI is InChI=1S/C15H18INO3/c1-2-9-7-10(11(8-9)15(19)20)14(18)17-13-6-4-3-5-12(13)16/h3-6,9-11H,2,7-8H2,1H3,(H,17,18)(H,19,20)/t9?,10-,11+/m0/s1. The van der Waals surface area contributed by atoms with E-state index < -0.39 is 17.8 Å². The van der Waals surface area contributed by atoms with E-state index in [0.717, 1.165) is 15.7 Å². The molecule has 3 atom stereocenters. The van der Waals surface area contributed by atoms with Crippen LogP contribution in [0.2, 0.25) is 0 Å². The van der Waals surface area contributed by atoms with Crippen molar-refractivity contribution in [2.24, 2.45) is 17.8 Å². The summed E-state index contributed by atoms with van der Waals surface area (Å²) in [5.74, 6) is -1.67. The van der Waals surface area contributed by atoms with Crippen LogP contribution in [-0.2, 0) is 9.59 Å². The van der Waals surface area contributed by atoms with Gasteiger partial charge in [-0.3, -0.25) is 9.59 Å². The summed E-state index contributed by atoms with van der Waals surface area (Å²) in [6.45, 7) is 2.05.